The van der Waals surface area contributed by atoms with Crippen LogP contribution in [0, 0.1) is 0 Å². The van der Waals surface area contributed by atoms with E-state index in [2.05, 4.69) is 11.9 Å². The molecule has 2 aliphatic rings. The van der Waals surface area contributed by atoms with Crippen LogP contribution in [0.25, 0.3) is 0 Å². The number of hydrogen-bond donors (Lipinski definition) is 1. The number of thioether (sulfide) groups is 1. The summed E-state index contributed by atoms with van der Waals surface area (Å²) in [5.74, 6) is -1.76. The maximum atomic E-state index is 12.5. The summed E-state index contributed by atoms with van der Waals surface area (Å²) in [5.41, 5.74) is -0.612. The number of aliphatic imine (C=N–C) groups is 1. The van der Waals surface area contributed by atoms with Gasteiger partial charge in [-0.25, -0.2) is 0 Å². The fourth-order valence-electron chi connectivity index (χ4n) is 3.96. The highest BCUT2D eigenvalue weighted by Gasteiger charge is 2.53. The Kier molecular flexibility index (Phi) is 12.9. The number of fused-ring (bicyclic) bond motifs is 1. The van der Waals surface area contributed by atoms with Gasteiger partial charge in [0.2, 0.25) is 0 Å². The quantitative estimate of drug-likeness (QED) is 0.138. The van der Waals surface area contributed by atoms with E-state index in [4.69, 9.17) is 23.5 Å². The molecule has 0 saturated carbocycles. The topological polar surface area (TPSA) is 147 Å². The summed E-state index contributed by atoms with van der Waals surface area (Å²) in [6.45, 7) is 5.85. The minimum atomic E-state index is -3.80. The fraction of sp³-hybridized carbons (Fsp3) is 0.826. The number of rotatable bonds is 15. The van der Waals surface area contributed by atoms with Crippen molar-refractivity contribution in [1.82, 2.24) is 0 Å². The minimum Gasteiger partial charge on any atom is -0.463 e. The van der Waals surface area contributed by atoms with Gasteiger partial charge in [0.25, 0.3) is 0 Å². The van der Waals surface area contributed by atoms with Crippen molar-refractivity contribution in [3.63, 3.8) is 0 Å². The number of hydrogen-bond acceptors (Lipinski definition) is 11. The second-order valence-electron chi connectivity index (χ2n) is 8.84. The zero-order valence-electron chi connectivity index (χ0n) is 21.4. The molecular weight excluding hydrogens is 513 g/mol. The Morgan fingerprint density at radius 3 is 2.28 bits per heavy atom. The molecule has 206 valence electrons. The molecule has 13 heteroatoms. The number of carbonyl (C=O) groups excluding carboxylic acids is 3. The van der Waals surface area contributed by atoms with E-state index in [0.29, 0.717) is 5.04 Å². The van der Waals surface area contributed by atoms with Gasteiger partial charge in [-0.15, -0.1) is 0 Å². The van der Waals surface area contributed by atoms with E-state index >= 15 is 0 Å². The van der Waals surface area contributed by atoms with E-state index in [0.717, 1.165) is 32.1 Å². The van der Waals surface area contributed by atoms with Crippen molar-refractivity contribution >= 4 is 42.3 Å². The summed E-state index contributed by atoms with van der Waals surface area (Å²) in [5, 5.41) is 0.536. The summed E-state index contributed by atoms with van der Waals surface area (Å²) in [6, 6.07) is -0.700. The molecule has 2 heterocycles. The Morgan fingerprint density at radius 1 is 1.00 bits per heavy atom. The highest BCUT2D eigenvalue weighted by Crippen LogP contribution is 2.45. The molecule has 0 spiro atoms. The second kappa shape index (κ2) is 15.1. The van der Waals surface area contributed by atoms with Gasteiger partial charge in [0.05, 0.1) is 17.8 Å². The average molecular weight is 552 g/mol. The SMILES string of the molecule is CCCCCCCCOP(=O)(O)CCC1=NC2C(O[C@H](COC(C)=O)[C@@H](OC(C)=O)[C@@H]2OC(C)=O)S1. The summed E-state index contributed by atoms with van der Waals surface area (Å²) >= 11 is 1.23. The van der Waals surface area contributed by atoms with E-state index in [1.54, 1.807) is 0 Å². The molecule has 0 aromatic rings. The molecule has 36 heavy (non-hydrogen) atoms. The maximum Gasteiger partial charge on any atom is 0.328 e. The number of ether oxygens (including phenoxy) is 4. The smallest absolute Gasteiger partial charge is 0.328 e. The molecule has 1 saturated heterocycles. The minimum absolute atomic E-state index is 0.114. The van der Waals surface area contributed by atoms with Crippen LogP contribution in [-0.2, 0) is 42.4 Å². The van der Waals surface area contributed by atoms with Crippen LogP contribution >= 0.6 is 19.4 Å². The van der Waals surface area contributed by atoms with Gasteiger partial charge in [-0.2, -0.15) is 0 Å². The van der Waals surface area contributed by atoms with Gasteiger partial charge < -0.3 is 28.4 Å². The average Bonchev–Trinajstić information content (AvgIpc) is 3.20. The first kappa shape index (κ1) is 30.8. The van der Waals surface area contributed by atoms with Crippen LogP contribution in [0.4, 0.5) is 0 Å². The van der Waals surface area contributed by atoms with Gasteiger partial charge in [-0.05, 0) is 6.42 Å². The van der Waals surface area contributed by atoms with Crippen LogP contribution in [0.15, 0.2) is 4.99 Å². The molecule has 6 atom stereocenters. The van der Waals surface area contributed by atoms with Crippen LogP contribution in [0.3, 0.4) is 0 Å². The third kappa shape index (κ3) is 10.5. The standard InChI is InChI=1S/C23H38NO10PS/c1-5-6-7-8-9-10-12-31-35(28,29)13-11-19-24-20-22(33-17(4)27)21(32-16(3)26)18(14-30-15(2)25)34-23(20)36-19/h18,20-23H,5-14H2,1-4H3,(H,28,29)/t18-,20?,21-,22-,23?/m1/s1. The van der Waals surface area contributed by atoms with Crippen molar-refractivity contribution in [3.05, 3.63) is 0 Å². The predicted molar refractivity (Wildman–Crippen MR) is 134 cm³/mol. The highest BCUT2D eigenvalue weighted by molar-refractivity contribution is 8.14. The lowest BCUT2D eigenvalue weighted by Gasteiger charge is -2.41. The van der Waals surface area contributed by atoms with Crippen molar-refractivity contribution in [3.8, 4) is 0 Å². The first-order chi connectivity index (χ1) is 17.0. The van der Waals surface area contributed by atoms with Gasteiger partial charge in [0.15, 0.2) is 12.2 Å². The molecule has 2 aliphatic heterocycles. The molecule has 0 amide bonds. The van der Waals surface area contributed by atoms with Crippen molar-refractivity contribution in [2.75, 3.05) is 19.4 Å². The molecule has 2 rings (SSSR count). The lowest BCUT2D eigenvalue weighted by molar-refractivity contribution is -0.208. The van der Waals surface area contributed by atoms with Crippen molar-refractivity contribution < 1.29 is 47.3 Å². The molecule has 0 bridgehead atoms. The largest absolute Gasteiger partial charge is 0.463 e. The molecule has 11 nitrogen and oxygen atoms in total. The summed E-state index contributed by atoms with van der Waals surface area (Å²) in [4.78, 5) is 49.6. The van der Waals surface area contributed by atoms with Crippen LogP contribution in [0.2, 0.25) is 0 Å². The van der Waals surface area contributed by atoms with E-state index < -0.39 is 55.3 Å². The zero-order chi connectivity index (χ0) is 26.7. The molecule has 1 fully saturated rings. The Bertz CT molecular complexity index is 838. The third-order valence-electron chi connectivity index (χ3n) is 5.61. The van der Waals surface area contributed by atoms with Crippen LogP contribution in [-0.4, -0.2) is 77.0 Å². The van der Waals surface area contributed by atoms with Gasteiger partial charge in [-0.3, -0.25) is 23.9 Å². The highest BCUT2D eigenvalue weighted by atomic mass is 32.2. The van der Waals surface area contributed by atoms with Crippen LogP contribution in [0.5, 0.6) is 0 Å². The summed E-state index contributed by atoms with van der Waals surface area (Å²) in [6.07, 6.45) is 3.44. The molecule has 0 aromatic carbocycles. The van der Waals surface area contributed by atoms with Gasteiger partial charge >= 0.3 is 25.5 Å². The van der Waals surface area contributed by atoms with Crippen molar-refractivity contribution in [2.45, 2.75) is 102 Å². The Balaban J connectivity index is 1.99. The number of esters is 3. The molecule has 0 aromatic heterocycles. The predicted octanol–water partition coefficient (Wildman–Crippen LogP) is 3.60. The first-order valence-electron chi connectivity index (χ1n) is 12.4. The Hall–Kier alpha value is -1.46. The second-order valence-corrected chi connectivity index (χ2v) is 12.0. The van der Waals surface area contributed by atoms with Gasteiger partial charge in [-0.1, -0.05) is 50.8 Å². The molecule has 0 radical (unpaired) electrons. The molecule has 3 unspecified atom stereocenters. The lowest BCUT2D eigenvalue weighted by Crippen LogP contribution is -2.59. The molecular formula is C23H38NO10PS. The van der Waals surface area contributed by atoms with Crippen molar-refractivity contribution in [2.24, 2.45) is 4.99 Å². The molecule has 1 N–H and O–H groups in total. The summed E-state index contributed by atoms with van der Waals surface area (Å²) in [7, 11) is -3.80. The number of unbranched alkanes of at least 4 members (excludes halogenated alkanes) is 5. The summed E-state index contributed by atoms with van der Waals surface area (Å²) < 4.78 is 39.6. The maximum absolute atomic E-state index is 12.5. The van der Waals surface area contributed by atoms with Crippen LogP contribution in [0.1, 0.15) is 72.6 Å². The van der Waals surface area contributed by atoms with E-state index in [1.165, 1.54) is 39.0 Å². The Labute approximate surface area is 216 Å². The number of carbonyl (C=O) groups is 3. The first-order valence-corrected chi connectivity index (χ1v) is 15.0. The van der Waals surface area contributed by atoms with E-state index in [9.17, 15) is 23.8 Å². The van der Waals surface area contributed by atoms with Crippen molar-refractivity contribution in [1.29, 1.82) is 0 Å². The Morgan fingerprint density at radius 2 is 1.64 bits per heavy atom. The number of nitrogens with zero attached hydrogens (tertiary/aromatic N) is 1. The van der Waals surface area contributed by atoms with Crippen LogP contribution < -0.4 is 0 Å². The zero-order valence-corrected chi connectivity index (χ0v) is 23.1. The van der Waals surface area contributed by atoms with Gasteiger partial charge in [0.1, 0.15) is 24.2 Å². The monoisotopic (exact) mass is 551 g/mol. The fourth-order valence-corrected chi connectivity index (χ4v) is 6.38. The normalized spacial score (nSPS) is 26.9. The van der Waals surface area contributed by atoms with E-state index in [1.807, 2.05) is 0 Å². The van der Waals surface area contributed by atoms with E-state index in [-0.39, 0.29) is 25.8 Å². The van der Waals surface area contributed by atoms with Gasteiger partial charge in [0, 0.05) is 27.2 Å². The third-order valence-corrected chi connectivity index (χ3v) is 8.19. The lowest BCUT2D eigenvalue weighted by atomic mass is 9.98. The molecule has 0 aliphatic carbocycles.